The maximum atomic E-state index is 12.2. The van der Waals surface area contributed by atoms with Crippen LogP contribution in [-0.2, 0) is 4.79 Å². The van der Waals surface area contributed by atoms with Crippen molar-refractivity contribution in [1.82, 2.24) is 5.32 Å². The van der Waals surface area contributed by atoms with Crippen LogP contribution in [0.4, 0.5) is 0 Å². The molecule has 3 rings (SSSR count). The Labute approximate surface area is 108 Å². The highest BCUT2D eigenvalue weighted by molar-refractivity contribution is 6.18. The van der Waals surface area contributed by atoms with Gasteiger partial charge in [0.1, 0.15) is 0 Å². The quantitative estimate of drug-likeness (QED) is 0.769. The van der Waals surface area contributed by atoms with Crippen LogP contribution in [0.3, 0.4) is 0 Å². The number of amides is 1. The van der Waals surface area contributed by atoms with Crippen LogP contribution in [0.2, 0.25) is 0 Å². The molecule has 2 bridgehead atoms. The van der Waals surface area contributed by atoms with Crippen molar-refractivity contribution < 1.29 is 4.79 Å². The fraction of sp³-hybridized carbons (Fsp3) is 0.929. The molecule has 0 aromatic rings. The highest BCUT2D eigenvalue weighted by Crippen LogP contribution is 2.69. The molecule has 0 aromatic carbocycles. The van der Waals surface area contributed by atoms with Gasteiger partial charge in [-0.05, 0) is 48.9 Å². The number of fused-ring (bicyclic) bond motifs is 5. The lowest BCUT2D eigenvalue weighted by molar-refractivity contribution is -0.124. The van der Waals surface area contributed by atoms with E-state index < -0.39 is 0 Å². The number of nitrogens with one attached hydrogen (secondary N) is 1. The third-order valence-corrected chi connectivity index (χ3v) is 5.67. The summed E-state index contributed by atoms with van der Waals surface area (Å²) < 4.78 is 0. The van der Waals surface area contributed by atoms with Crippen LogP contribution in [0.15, 0.2) is 0 Å². The molecule has 2 nitrogen and oxygen atoms in total. The second-order valence-corrected chi connectivity index (χ2v) is 6.84. The Bertz CT molecular complexity index is 314. The predicted molar refractivity (Wildman–Crippen MR) is 68.8 cm³/mol. The monoisotopic (exact) mass is 255 g/mol. The number of carbonyl (C=O) groups excluding carboxylic acids is 1. The molecule has 0 aromatic heterocycles. The van der Waals surface area contributed by atoms with E-state index in [1.165, 1.54) is 19.3 Å². The van der Waals surface area contributed by atoms with Crippen LogP contribution in [-0.4, -0.2) is 17.8 Å². The van der Waals surface area contributed by atoms with E-state index in [0.29, 0.717) is 17.7 Å². The molecule has 0 radical (unpaired) electrons. The SMILES string of the molecule is CC(C)C(CCl)NC(=O)C1C2C3CCC(C3)C12. The van der Waals surface area contributed by atoms with Gasteiger partial charge in [0.05, 0.1) is 0 Å². The number of carbonyl (C=O) groups is 1. The molecule has 3 heteroatoms. The topological polar surface area (TPSA) is 29.1 Å². The molecule has 0 saturated heterocycles. The Balaban J connectivity index is 1.58. The van der Waals surface area contributed by atoms with Gasteiger partial charge < -0.3 is 5.32 Å². The van der Waals surface area contributed by atoms with Gasteiger partial charge in [0.2, 0.25) is 5.91 Å². The molecule has 3 aliphatic carbocycles. The number of hydrogen-bond donors (Lipinski definition) is 1. The second-order valence-electron chi connectivity index (χ2n) is 6.53. The number of hydrogen-bond acceptors (Lipinski definition) is 1. The summed E-state index contributed by atoms with van der Waals surface area (Å²) in [5.41, 5.74) is 0. The highest BCUT2D eigenvalue weighted by atomic mass is 35.5. The molecule has 1 N–H and O–H groups in total. The molecule has 5 atom stereocenters. The lowest BCUT2D eigenvalue weighted by Crippen LogP contribution is -2.41. The first-order chi connectivity index (χ1) is 8.13. The van der Waals surface area contributed by atoms with Gasteiger partial charge in [-0.2, -0.15) is 0 Å². The van der Waals surface area contributed by atoms with Crippen LogP contribution >= 0.6 is 11.6 Å². The Hall–Kier alpha value is -0.240. The largest absolute Gasteiger partial charge is 0.352 e. The van der Waals surface area contributed by atoms with Crippen LogP contribution in [0.1, 0.15) is 33.1 Å². The van der Waals surface area contributed by atoms with Crippen molar-refractivity contribution in [2.24, 2.45) is 35.5 Å². The van der Waals surface area contributed by atoms with Gasteiger partial charge in [-0.15, -0.1) is 11.6 Å². The summed E-state index contributed by atoms with van der Waals surface area (Å²) in [6, 6.07) is 0.142. The van der Waals surface area contributed by atoms with Gasteiger partial charge in [0.15, 0.2) is 0 Å². The second kappa shape index (κ2) is 4.15. The van der Waals surface area contributed by atoms with E-state index >= 15 is 0 Å². The summed E-state index contributed by atoms with van der Waals surface area (Å²) in [6.45, 7) is 4.23. The lowest BCUT2D eigenvalue weighted by atomic mass is 10.0. The molecule has 0 aliphatic heterocycles. The molecule has 3 saturated carbocycles. The zero-order valence-electron chi connectivity index (χ0n) is 10.7. The summed E-state index contributed by atoms with van der Waals surface area (Å²) in [6.07, 6.45) is 4.15. The number of rotatable bonds is 4. The lowest BCUT2D eigenvalue weighted by Gasteiger charge is -2.20. The van der Waals surface area contributed by atoms with Crippen LogP contribution in [0.5, 0.6) is 0 Å². The van der Waals surface area contributed by atoms with Crippen molar-refractivity contribution >= 4 is 17.5 Å². The fourth-order valence-corrected chi connectivity index (χ4v) is 4.77. The van der Waals surface area contributed by atoms with Crippen molar-refractivity contribution in [3.63, 3.8) is 0 Å². The molecule has 0 heterocycles. The maximum absolute atomic E-state index is 12.2. The average Bonchev–Trinajstić information content (AvgIpc) is 2.75. The zero-order chi connectivity index (χ0) is 12.2. The van der Waals surface area contributed by atoms with Crippen molar-refractivity contribution in [1.29, 1.82) is 0 Å². The minimum Gasteiger partial charge on any atom is -0.352 e. The Morgan fingerprint density at radius 1 is 1.29 bits per heavy atom. The summed E-state index contributed by atoms with van der Waals surface area (Å²) in [7, 11) is 0. The molecule has 96 valence electrons. The van der Waals surface area contributed by atoms with Crippen molar-refractivity contribution in [3.8, 4) is 0 Å². The summed E-state index contributed by atoms with van der Waals surface area (Å²) >= 11 is 5.91. The van der Waals surface area contributed by atoms with Gasteiger partial charge in [-0.1, -0.05) is 13.8 Å². The molecule has 5 unspecified atom stereocenters. The maximum Gasteiger partial charge on any atom is 0.223 e. The summed E-state index contributed by atoms with van der Waals surface area (Å²) in [5, 5.41) is 3.15. The van der Waals surface area contributed by atoms with Gasteiger partial charge >= 0.3 is 0 Å². The molecule has 1 amide bonds. The fourth-order valence-electron chi connectivity index (χ4n) is 4.34. The molecule has 17 heavy (non-hydrogen) atoms. The Morgan fingerprint density at radius 2 is 1.88 bits per heavy atom. The standard InChI is InChI=1S/C14H22ClNO/c1-7(2)10(6-15)16-14(17)13-11-8-3-4-9(5-8)12(11)13/h7-13H,3-6H2,1-2H3,(H,16,17). The third-order valence-electron chi connectivity index (χ3n) is 5.34. The Kier molecular flexibility index (Phi) is 2.89. The van der Waals surface area contributed by atoms with Crippen molar-refractivity contribution in [3.05, 3.63) is 0 Å². The van der Waals surface area contributed by atoms with Crippen molar-refractivity contribution in [2.45, 2.75) is 39.2 Å². The van der Waals surface area contributed by atoms with E-state index in [-0.39, 0.29) is 11.9 Å². The first kappa shape index (κ1) is 11.8. The minimum atomic E-state index is 0.142. The first-order valence-electron chi connectivity index (χ1n) is 6.99. The molecule has 3 aliphatic rings. The van der Waals surface area contributed by atoms with Gasteiger partial charge in [-0.3, -0.25) is 4.79 Å². The van der Waals surface area contributed by atoms with Gasteiger partial charge in [0, 0.05) is 17.8 Å². The number of halogens is 1. The highest BCUT2D eigenvalue weighted by Gasteiger charge is 2.67. The molecular weight excluding hydrogens is 234 g/mol. The summed E-state index contributed by atoms with van der Waals surface area (Å²) in [4.78, 5) is 12.2. The summed E-state index contributed by atoms with van der Waals surface area (Å²) in [5.74, 6) is 4.78. The third kappa shape index (κ3) is 1.80. The normalized spacial score (nSPS) is 43.6. The zero-order valence-corrected chi connectivity index (χ0v) is 11.4. The average molecular weight is 256 g/mol. The van der Waals surface area contributed by atoms with Crippen LogP contribution < -0.4 is 5.32 Å². The first-order valence-corrected chi connectivity index (χ1v) is 7.53. The smallest absolute Gasteiger partial charge is 0.223 e. The van der Waals surface area contributed by atoms with Crippen LogP contribution in [0.25, 0.3) is 0 Å². The predicted octanol–water partition coefficient (Wildman–Crippen LogP) is 2.66. The van der Waals surface area contributed by atoms with Gasteiger partial charge in [-0.25, -0.2) is 0 Å². The van der Waals surface area contributed by atoms with E-state index in [1.54, 1.807) is 0 Å². The minimum absolute atomic E-state index is 0.142. The van der Waals surface area contributed by atoms with E-state index in [9.17, 15) is 4.79 Å². The van der Waals surface area contributed by atoms with Crippen LogP contribution in [0, 0.1) is 35.5 Å². The van der Waals surface area contributed by atoms with Crippen molar-refractivity contribution in [2.75, 3.05) is 5.88 Å². The molecule has 3 fully saturated rings. The Morgan fingerprint density at radius 3 is 2.35 bits per heavy atom. The van der Waals surface area contributed by atoms with E-state index in [0.717, 1.165) is 23.7 Å². The van der Waals surface area contributed by atoms with E-state index in [4.69, 9.17) is 11.6 Å². The molecule has 0 spiro atoms. The number of alkyl halides is 1. The van der Waals surface area contributed by atoms with E-state index in [1.807, 2.05) is 0 Å². The van der Waals surface area contributed by atoms with E-state index in [2.05, 4.69) is 19.2 Å². The van der Waals surface area contributed by atoms with Gasteiger partial charge in [0.25, 0.3) is 0 Å². The molecular formula is C14H22ClNO.